The van der Waals surface area contributed by atoms with Crippen molar-refractivity contribution in [2.75, 3.05) is 0 Å². The normalized spacial score (nSPS) is 26.9. The van der Waals surface area contributed by atoms with E-state index in [0.29, 0.717) is 0 Å². The van der Waals surface area contributed by atoms with E-state index in [0.717, 1.165) is 3.11 Å². The lowest BCUT2D eigenvalue weighted by molar-refractivity contribution is -0.123. The zero-order valence-electron chi connectivity index (χ0n) is 4.30. The molecule has 1 aliphatic heterocycles. The van der Waals surface area contributed by atoms with Gasteiger partial charge in [0.1, 0.15) is 0 Å². The second-order valence-corrected chi connectivity index (χ2v) is 2.51. The van der Waals surface area contributed by atoms with E-state index in [1.165, 1.54) is 0 Å². The maximum absolute atomic E-state index is 10.6. The molecule has 1 heterocycles. The van der Waals surface area contributed by atoms with Crippen LogP contribution in [-0.2, 0) is 4.79 Å². The number of carbonyl (C=O) groups excluding carboxylic acids is 2. The Morgan fingerprint density at radius 3 is 2.33 bits per heavy atom. The highest BCUT2D eigenvalue weighted by atomic mass is 127. The first-order valence-corrected chi connectivity index (χ1v) is 3.15. The van der Waals surface area contributed by atoms with Gasteiger partial charge in [-0.15, -0.1) is 0 Å². The number of imide groups is 1. The molecule has 1 fully saturated rings. The molecule has 0 radical (unpaired) electrons. The molecule has 50 valence electrons. The highest BCUT2D eigenvalue weighted by molar-refractivity contribution is 14.1. The van der Waals surface area contributed by atoms with Crippen molar-refractivity contribution < 1.29 is 9.59 Å². The molecule has 0 aromatic carbocycles. The fourth-order valence-corrected chi connectivity index (χ4v) is 0.913. The van der Waals surface area contributed by atoms with Crippen LogP contribution in [0, 0.1) is 0 Å². The lowest BCUT2D eigenvalue weighted by atomic mass is 10.5. The van der Waals surface area contributed by atoms with Crippen molar-refractivity contribution >= 4 is 34.8 Å². The van der Waals surface area contributed by atoms with Gasteiger partial charge in [-0.1, -0.05) is 0 Å². The molecule has 3 N–H and O–H groups in total. The Morgan fingerprint density at radius 1 is 1.67 bits per heavy atom. The van der Waals surface area contributed by atoms with E-state index in [-0.39, 0.29) is 0 Å². The minimum Gasteiger partial charge on any atom is -0.313 e. The van der Waals surface area contributed by atoms with Crippen molar-refractivity contribution in [2.45, 2.75) is 6.17 Å². The van der Waals surface area contributed by atoms with Crippen LogP contribution in [0.25, 0.3) is 0 Å². The van der Waals surface area contributed by atoms with E-state index in [4.69, 9.17) is 5.73 Å². The topological polar surface area (TPSA) is 75.4 Å². The predicted molar refractivity (Wildman–Crippen MR) is 37.4 cm³/mol. The fourth-order valence-electron chi connectivity index (χ4n) is 0.474. The number of amides is 3. The number of urea groups is 1. The van der Waals surface area contributed by atoms with E-state index >= 15 is 0 Å². The number of halogens is 1. The summed E-state index contributed by atoms with van der Waals surface area (Å²) in [6, 6.07) is -0.451. The van der Waals surface area contributed by atoms with Crippen LogP contribution in [0.15, 0.2) is 0 Å². The average Bonchev–Trinajstić information content (AvgIpc) is 1.98. The zero-order chi connectivity index (χ0) is 7.02. The van der Waals surface area contributed by atoms with Crippen molar-refractivity contribution in [3.63, 3.8) is 0 Å². The number of hydrogen-bond donors (Lipinski definition) is 2. The molecule has 9 heavy (non-hydrogen) atoms. The molecule has 5 nitrogen and oxygen atoms in total. The van der Waals surface area contributed by atoms with Crippen LogP contribution >= 0.6 is 22.9 Å². The van der Waals surface area contributed by atoms with Gasteiger partial charge in [0.25, 0.3) is 5.91 Å². The predicted octanol–water partition coefficient (Wildman–Crippen LogP) is -0.827. The standard InChI is InChI=1S/C3H4IN3O2/c4-7-2(8)1(5)6-3(7)9/h1H,5H2,(H,6,9). The largest absolute Gasteiger partial charge is 0.334 e. The number of nitrogens with one attached hydrogen (secondary N) is 1. The summed E-state index contributed by atoms with van der Waals surface area (Å²) in [5.41, 5.74) is 5.13. The summed E-state index contributed by atoms with van der Waals surface area (Å²) < 4.78 is 0.919. The Labute approximate surface area is 65.1 Å². The lowest BCUT2D eigenvalue weighted by Gasteiger charge is -1.96. The molecule has 0 saturated carbocycles. The summed E-state index contributed by atoms with van der Waals surface area (Å²) >= 11 is 1.59. The summed E-state index contributed by atoms with van der Waals surface area (Å²) in [5.74, 6) is -0.402. The molecule has 0 spiro atoms. The van der Waals surface area contributed by atoms with E-state index in [2.05, 4.69) is 5.32 Å². The summed E-state index contributed by atoms with van der Waals surface area (Å²) in [4.78, 5) is 21.1. The SMILES string of the molecule is NC1NC(=O)N(I)C1=O. The summed E-state index contributed by atoms with van der Waals surface area (Å²) in [6.07, 6.45) is -0.852. The molecule has 0 aliphatic carbocycles. The van der Waals surface area contributed by atoms with Gasteiger partial charge in [-0.2, -0.15) is 3.11 Å². The van der Waals surface area contributed by atoms with Gasteiger partial charge >= 0.3 is 6.03 Å². The third-order valence-electron chi connectivity index (χ3n) is 0.917. The molecule has 3 amide bonds. The fraction of sp³-hybridized carbons (Fsp3) is 0.333. The average molecular weight is 241 g/mol. The number of nitrogens with two attached hydrogens (primary N) is 1. The quantitative estimate of drug-likeness (QED) is 0.330. The van der Waals surface area contributed by atoms with E-state index in [1.54, 1.807) is 22.9 Å². The van der Waals surface area contributed by atoms with Crippen LogP contribution in [0.2, 0.25) is 0 Å². The van der Waals surface area contributed by atoms with E-state index in [1.807, 2.05) is 0 Å². The van der Waals surface area contributed by atoms with Crippen LogP contribution in [0.1, 0.15) is 0 Å². The zero-order valence-corrected chi connectivity index (χ0v) is 6.45. The Morgan fingerprint density at radius 2 is 2.22 bits per heavy atom. The second kappa shape index (κ2) is 2.10. The van der Waals surface area contributed by atoms with Crippen molar-refractivity contribution in [1.82, 2.24) is 8.43 Å². The maximum atomic E-state index is 10.6. The molecule has 1 atom stereocenters. The molecule has 1 unspecified atom stereocenters. The molecule has 0 aromatic rings. The van der Waals surface area contributed by atoms with Gasteiger partial charge in [0, 0.05) is 0 Å². The van der Waals surface area contributed by atoms with Gasteiger partial charge in [0.2, 0.25) is 0 Å². The number of hydrogen-bond acceptors (Lipinski definition) is 3. The second-order valence-electron chi connectivity index (χ2n) is 1.55. The third kappa shape index (κ3) is 0.990. The Hall–Kier alpha value is -0.370. The van der Waals surface area contributed by atoms with Crippen LogP contribution in [-0.4, -0.2) is 21.2 Å². The minimum absolute atomic E-state index is 0.402. The van der Waals surface area contributed by atoms with E-state index < -0.39 is 18.1 Å². The Kier molecular flexibility index (Phi) is 1.58. The highest BCUT2D eigenvalue weighted by Gasteiger charge is 2.33. The molecule has 0 bridgehead atoms. The van der Waals surface area contributed by atoms with Crippen LogP contribution in [0.5, 0.6) is 0 Å². The smallest absolute Gasteiger partial charge is 0.313 e. The van der Waals surface area contributed by atoms with E-state index in [9.17, 15) is 9.59 Å². The molecular weight excluding hydrogens is 237 g/mol. The third-order valence-corrected chi connectivity index (χ3v) is 1.83. The molecule has 6 heteroatoms. The van der Waals surface area contributed by atoms with Crippen LogP contribution in [0.3, 0.4) is 0 Å². The van der Waals surface area contributed by atoms with Crippen LogP contribution < -0.4 is 11.1 Å². The van der Waals surface area contributed by atoms with Gasteiger partial charge < -0.3 is 11.1 Å². The van der Waals surface area contributed by atoms with Gasteiger partial charge in [-0.3, -0.25) is 4.79 Å². The van der Waals surface area contributed by atoms with Gasteiger partial charge in [0.05, 0.1) is 22.9 Å². The molecule has 0 aromatic heterocycles. The number of rotatable bonds is 0. The molecule has 1 aliphatic rings. The van der Waals surface area contributed by atoms with Crippen molar-refractivity contribution in [1.29, 1.82) is 0 Å². The first kappa shape index (κ1) is 6.75. The molecule has 1 rings (SSSR count). The summed E-state index contributed by atoms with van der Waals surface area (Å²) in [6.45, 7) is 0. The summed E-state index contributed by atoms with van der Waals surface area (Å²) in [5, 5.41) is 2.22. The Bertz CT molecular complexity index is 170. The molecular formula is C3H4IN3O2. The lowest BCUT2D eigenvalue weighted by Crippen LogP contribution is -2.37. The summed E-state index contributed by atoms with van der Waals surface area (Å²) in [7, 11) is 0. The van der Waals surface area contributed by atoms with Gasteiger partial charge in [0.15, 0.2) is 6.17 Å². The van der Waals surface area contributed by atoms with Crippen molar-refractivity contribution in [2.24, 2.45) is 5.73 Å². The molecule has 1 saturated heterocycles. The maximum Gasteiger partial charge on any atom is 0.334 e. The first-order valence-electron chi connectivity index (χ1n) is 2.19. The van der Waals surface area contributed by atoms with Gasteiger partial charge in [-0.05, 0) is 0 Å². The highest BCUT2D eigenvalue weighted by Crippen LogP contribution is 2.07. The van der Waals surface area contributed by atoms with Crippen molar-refractivity contribution in [3.8, 4) is 0 Å². The minimum atomic E-state index is -0.852. The number of nitrogens with zero attached hydrogens (tertiary/aromatic N) is 1. The first-order chi connectivity index (χ1) is 4.13. The van der Waals surface area contributed by atoms with Gasteiger partial charge in [-0.25, -0.2) is 4.79 Å². The Balaban J connectivity index is 2.77. The monoisotopic (exact) mass is 241 g/mol. The number of carbonyl (C=O) groups is 2. The van der Waals surface area contributed by atoms with Crippen LogP contribution in [0.4, 0.5) is 4.79 Å². The van der Waals surface area contributed by atoms with Crippen molar-refractivity contribution in [3.05, 3.63) is 0 Å².